The van der Waals surface area contributed by atoms with E-state index in [2.05, 4.69) is 36.5 Å². The maximum atomic E-state index is 11.7. The summed E-state index contributed by atoms with van der Waals surface area (Å²) in [6, 6.07) is 1.80. The molecule has 0 aliphatic rings. The predicted octanol–water partition coefficient (Wildman–Crippen LogP) is 2.14. The topological polar surface area (TPSA) is 66.9 Å². The SMILES string of the molecule is O=C(NCCNc1cnccn1)c1csc(Br)c1. The minimum absolute atomic E-state index is 0.0714. The fourth-order valence-electron chi connectivity index (χ4n) is 1.29. The summed E-state index contributed by atoms with van der Waals surface area (Å²) in [5.74, 6) is 0.628. The maximum absolute atomic E-state index is 11.7. The first-order chi connectivity index (χ1) is 8.75. The lowest BCUT2D eigenvalue weighted by molar-refractivity contribution is 0.0955. The molecule has 0 radical (unpaired) electrons. The highest BCUT2D eigenvalue weighted by Gasteiger charge is 2.06. The summed E-state index contributed by atoms with van der Waals surface area (Å²) in [4.78, 5) is 19.7. The van der Waals surface area contributed by atoms with E-state index < -0.39 is 0 Å². The molecule has 2 N–H and O–H groups in total. The van der Waals surface area contributed by atoms with Crippen LogP contribution in [0.25, 0.3) is 0 Å². The van der Waals surface area contributed by atoms with Crippen LogP contribution in [-0.4, -0.2) is 29.0 Å². The average Bonchev–Trinajstić information content (AvgIpc) is 2.82. The van der Waals surface area contributed by atoms with Gasteiger partial charge in [-0.15, -0.1) is 11.3 Å². The summed E-state index contributed by atoms with van der Waals surface area (Å²) in [5, 5.41) is 7.70. The molecule has 1 amide bonds. The minimum atomic E-state index is -0.0714. The molecule has 2 aromatic heterocycles. The largest absolute Gasteiger partial charge is 0.367 e. The lowest BCUT2D eigenvalue weighted by Crippen LogP contribution is -2.28. The van der Waals surface area contributed by atoms with Crippen molar-refractivity contribution in [2.75, 3.05) is 18.4 Å². The molecule has 0 aliphatic heterocycles. The van der Waals surface area contributed by atoms with E-state index in [0.29, 0.717) is 24.5 Å². The molecule has 2 heterocycles. The Hall–Kier alpha value is -1.47. The first-order valence-electron chi connectivity index (χ1n) is 5.28. The standard InChI is InChI=1S/C11H11BrN4OS/c12-9-5-8(7-18-9)11(17)16-4-3-15-10-6-13-1-2-14-10/h1-2,5-7H,3-4H2,(H,14,15)(H,16,17). The number of halogens is 1. The second-order valence-corrected chi connectivity index (χ2v) is 5.70. The van der Waals surface area contributed by atoms with Gasteiger partial charge in [0.25, 0.3) is 5.91 Å². The molecule has 5 nitrogen and oxygen atoms in total. The Morgan fingerprint density at radius 3 is 2.94 bits per heavy atom. The molecular formula is C11H11BrN4OS. The highest BCUT2D eigenvalue weighted by Crippen LogP contribution is 2.20. The van der Waals surface area contributed by atoms with Gasteiger partial charge in [-0.05, 0) is 22.0 Å². The quantitative estimate of drug-likeness (QED) is 0.826. The molecular weight excluding hydrogens is 316 g/mol. The van der Waals surface area contributed by atoms with Gasteiger partial charge < -0.3 is 10.6 Å². The molecule has 0 aliphatic carbocycles. The normalized spacial score (nSPS) is 10.1. The Kier molecular flexibility index (Phi) is 4.66. The van der Waals surface area contributed by atoms with Gasteiger partial charge in [0.2, 0.25) is 0 Å². The van der Waals surface area contributed by atoms with Crippen LogP contribution >= 0.6 is 27.3 Å². The van der Waals surface area contributed by atoms with E-state index in [9.17, 15) is 4.79 Å². The van der Waals surface area contributed by atoms with Crippen LogP contribution in [0.5, 0.6) is 0 Å². The number of nitrogens with zero attached hydrogens (tertiary/aromatic N) is 2. The van der Waals surface area contributed by atoms with Gasteiger partial charge in [0.15, 0.2) is 0 Å². The van der Waals surface area contributed by atoms with Gasteiger partial charge in [-0.2, -0.15) is 0 Å². The van der Waals surface area contributed by atoms with Gasteiger partial charge in [0, 0.05) is 30.9 Å². The van der Waals surface area contributed by atoms with Crippen LogP contribution in [0.4, 0.5) is 5.82 Å². The Balaban J connectivity index is 1.71. The molecule has 2 aromatic rings. The van der Waals surface area contributed by atoms with Gasteiger partial charge in [-0.3, -0.25) is 9.78 Å². The van der Waals surface area contributed by atoms with Crippen molar-refractivity contribution in [1.82, 2.24) is 15.3 Å². The molecule has 0 unspecified atom stereocenters. The van der Waals surface area contributed by atoms with Crippen LogP contribution in [0, 0.1) is 0 Å². The van der Waals surface area contributed by atoms with Crippen molar-refractivity contribution in [2.45, 2.75) is 0 Å². The van der Waals surface area contributed by atoms with Gasteiger partial charge in [0.1, 0.15) is 5.82 Å². The second-order valence-electron chi connectivity index (χ2n) is 3.41. The zero-order chi connectivity index (χ0) is 12.8. The van der Waals surface area contributed by atoms with Crippen molar-refractivity contribution in [2.24, 2.45) is 0 Å². The number of aromatic nitrogens is 2. The Morgan fingerprint density at radius 2 is 2.28 bits per heavy atom. The van der Waals surface area contributed by atoms with Crippen LogP contribution in [0.1, 0.15) is 10.4 Å². The highest BCUT2D eigenvalue weighted by molar-refractivity contribution is 9.11. The molecule has 7 heteroatoms. The number of nitrogens with one attached hydrogen (secondary N) is 2. The van der Waals surface area contributed by atoms with E-state index >= 15 is 0 Å². The summed E-state index contributed by atoms with van der Waals surface area (Å²) in [5.41, 5.74) is 0.673. The zero-order valence-corrected chi connectivity index (χ0v) is 11.8. The molecule has 0 aromatic carbocycles. The van der Waals surface area contributed by atoms with Crippen LogP contribution < -0.4 is 10.6 Å². The smallest absolute Gasteiger partial charge is 0.252 e. The van der Waals surface area contributed by atoms with E-state index in [-0.39, 0.29) is 5.91 Å². The van der Waals surface area contributed by atoms with E-state index in [0.717, 1.165) is 3.79 Å². The summed E-state index contributed by atoms with van der Waals surface area (Å²) in [7, 11) is 0. The molecule has 0 atom stereocenters. The predicted molar refractivity (Wildman–Crippen MR) is 74.9 cm³/mol. The third-order valence-electron chi connectivity index (χ3n) is 2.11. The molecule has 0 saturated heterocycles. The van der Waals surface area contributed by atoms with Gasteiger partial charge in [-0.25, -0.2) is 4.98 Å². The fraction of sp³-hybridized carbons (Fsp3) is 0.182. The van der Waals surface area contributed by atoms with Gasteiger partial charge >= 0.3 is 0 Å². The van der Waals surface area contributed by atoms with Crippen LogP contribution in [0.2, 0.25) is 0 Å². The molecule has 94 valence electrons. The van der Waals surface area contributed by atoms with E-state index in [1.54, 1.807) is 24.7 Å². The van der Waals surface area contributed by atoms with Crippen molar-refractivity contribution >= 4 is 39.0 Å². The Labute approximate surface area is 117 Å². The first kappa shape index (κ1) is 13.0. The molecule has 0 bridgehead atoms. The fourth-order valence-corrected chi connectivity index (χ4v) is 2.42. The number of carbonyl (C=O) groups excluding carboxylic acids is 1. The summed E-state index contributed by atoms with van der Waals surface area (Å²) < 4.78 is 0.949. The number of rotatable bonds is 5. The lowest BCUT2D eigenvalue weighted by Gasteiger charge is -2.05. The molecule has 2 rings (SSSR count). The third-order valence-corrected chi connectivity index (χ3v) is 3.61. The summed E-state index contributed by atoms with van der Waals surface area (Å²) in [6.45, 7) is 1.14. The summed E-state index contributed by atoms with van der Waals surface area (Å²) in [6.07, 6.45) is 4.86. The number of thiophene rings is 1. The number of hydrogen-bond donors (Lipinski definition) is 2. The second kappa shape index (κ2) is 6.46. The van der Waals surface area contributed by atoms with Gasteiger partial charge in [0.05, 0.1) is 15.5 Å². The summed E-state index contributed by atoms with van der Waals surface area (Å²) >= 11 is 4.81. The highest BCUT2D eigenvalue weighted by atomic mass is 79.9. The first-order valence-corrected chi connectivity index (χ1v) is 6.95. The third kappa shape index (κ3) is 3.78. The average molecular weight is 327 g/mol. The minimum Gasteiger partial charge on any atom is -0.367 e. The van der Waals surface area contributed by atoms with Crippen LogP contribution in [0.3, 0.4) is 0 Å². The van der Waals surface area contributed by atoms with Crippen LogP contribution in [0.15, 0.2) is 33.8 Å². The molecule has 0 spiro atoms. The Morgan fingerprint density at radius 1 is 1.39 bits per heavy atom. The number of hydrogen-bond acceptors (Lipinski definition) is 5. The van der Waals surface area contributed by atoms with Crippen molar-refractivity contribution < 1.29 is 4.79 Å². The van der Waals surface area contributed by atoms with Crippen molar-refractivity contribution in [3.63, 3.8) is 0 Å². The van der Waals surface area contributed by atoms with E-state index in [1.807, 2.05) is 5.38 Å². The van der Waals surface area contributed by atoms with Crippen molar-refractivity contribution in [3.05, 3.63) is 39.4 Å². The maximum Gasteiger partial charge on any atom is 0.252 e. The number of amides is 1. The zero-order valence-electron chi connectivity index (χ0n) is 9.39. The number of carbonyl (C=O) groups is 1. The van der Waals surface area contributed by atoms with Crippen molar-refractivity contribution in [1.29, 1.82) is 0 Å². The monoisotopic (exact) mass is 326 g/mol. The molecule has 18 heavy (non-hydrogen) atoms. The van der Waals surface area contributed by atoms with E-state index in [1.165, 1.54) is 11.3 Å². The van der Waals surface area contributed by atoms with Gasteiger partial charge in [-0.1, -0.05) is 0 Å². The molecule has 0 fully saturated rings. The van der Waals surface area contributed by atoms with Crippen LogP contribution in [-0.2, 0) is 0 Å². The Bertz CT molecular complexity index is 517. The van der Waals surface area contributed by atoms with E-state index in [4.69, 9.17) is 0 Å². The lowest BCUT2D eigenvalue weighted by atomic mass is 10.3. The van der Waals surface area contributed by atoms with Crippen molar-refractivity contribution in [3.8, 4) is 0 Å². The number of anilines is 1. The molecule has 0 saturated carbocycles.